The van der Waals surface area contributed by atoms with E-state index in [1.54, 1.807) is 17.3 Å². The molecule has 0 unspecified atom stereocenters. The predicted molar refractivity (Wildman–Crippen MR) is 51.5 cm³/mol. The van der Waals surface area contributed by atoms with Crippen molar-refractivity contribution < 1.29 is 4.79 Å². The van der Waals surface area contributed by atoms with E-state index < -0.39 is 0 Å². The molecule has 2 heterocycles. The van der Waals surface area contributed by atoms with Gasteiger partial charge in [-0.3, -0.25) is 4.79 Å². The third-order valence-corrected chi connectivity index (χ3v) is 2.53. The van der Waals surface area contributed by atoms with Gasteiger partial charge in [-0.15, -0.1) is 0 Å². The maximum Gasteiger partial charge on any atom is 0.209 e. The maximum absolute atomic E-state index is 10.3. The van der Waals surface area contributed by atoms with Gasteiger partial charge >= 0.3 is 0 Å². The van der Waals surface area contributed by atoms with Crippen LogP contribution in [0.15, 0.2) is 18.5 Å². The Morgan fingerprint density at radius 3 is 2.79 bits per heavy atom. The molecule has 2 rings (SSSR count). The molecule has 4 nitrogen and oxygen atoms in total. The molecule has 1 amide bonds. The molecule has 1 fully saturated rings. The lowest BCUT2D eigenvalue weighted by atomic mass is 9.95. The van der Waals surface area contributed by atoms with E-state index in [-0.39, 0.29) is 0 Å². The fourth-order valence-corrected chi connectivity index (χ4v) is 1.67. The highest BCUT2D eigenvalue weighted by molar-refractivity contribution is 5.48. The van der Waals surface area contributed by atoms with Crippen molar-refractivity contribution in [3.63, 3.8) is 0 Å². The molecule has 14 heavy (non-hydrogen) atoms. The van der Waals surface area contributed by atoms with Crippen LogP contribution in [0, 0.1) is 5.92 Å². The highest BCUT2D eigenvalue weighted by Crippen LogP contribution is 2.18. The number of aryl methyl sites for hydroxylation is 1. The summed E-state index contributed by atoms with van der Waals surface area (Å²) in [6.07, 6.45) is 6.43. The summed E-state index contributed by atoms with van der Waals surface area (Å²) < 4.78 is 0. The number of amides is 1. The van der Waals surface area contributed by atoms with Gasteiger partial charge < -0.3 is 4.90 Å². The van der Waals surface area contributed by atoms with E-state index in [0.717, 1.165) is 38.2 Å². The Balaban J connectivity index is 1.72. The molecule has 1 saturated heterocycles. The largest absolute Gasteiger partial charge is 0.345 e. The topological polar surface area (TPSA) is 46.1 Å². The Kier molecular flexibility index (Phi) is 2.72. The van der Waals surface area contributed by atoms with Crippen LogP contribution in [0.2, 0.25) is 0 Å². The summed E-state index contributed by atoms with van der Waals surface area (Å²) in [6.45, 7) is 1.80. The first-order valence-electron chi connectivity index (χ1n) is 4.83. The number of carbonyl (C=O) groups excluding carboxylic acids is 1. The van der Waals surface area contributed by atoms with Crippen molar-refractivity contribution in [2.75, 3.05) is 13.1 Å². The van der Waals surface area contributed by atoms with Crippen LogP contribution in [0.25, 0.3) is 0 Å². The van der Waals surface area contributed by atoms with Crippen LogP contribution in [-0.4, -0.2) is 34.4 Å². The molecule has 1 aliphatic heterocycles. The van der Waals surface area contributed by atoms with Gasteiger partial charge in [0.1, 0.15) is 5.82 Å². The molecule has 0 N–H and O–H groups in total. The standard InChI is InChI=1S/C10H13N3O/c14-8-13-6-9(7-13)2-3-10-11-4-1-5-12-10/h1,4-5,8-9H,2-3,6-7H2. The van der Waals surface area contributed by atoms with Crippen molar-refractivity contribution in [3.8, 4) is 0 Å². The zero-order valence-electron chi connectivity index (χ0n) is 7.97. The molecule has 0 spiro atoms. The zero-order chi connectivity index (χ0) is 9.80. The maximum atomic E-state index is 10.3. The van der Waals surface area contributed by atoms with E-state index in [4.69, 9.17) is 0 Å². The van der Waals surface area contributed by atoms with Gasteiger partial charge in [0.05, 0.1) is 0 Å². The summed E-state index contributed by atoms with van der Waals surface area (Å²) in [5.74, 6) is 1.54. The first-order chi connectivity index (χ1) is 6.88. The third kappa shape index (κ3) is 2.07. The van der Waals surface area contributed by atoms with Crippen LogP contribution < -0.4 is 0 Å². The van der Waals surface area contributed by atoms with Crippen molar-refractivity contribution in [1.82, 2.24) is 14.9 Å². The van der Waals surface area contributed by atoms with Crippen molar-refractivity contribution in [1.29, 1.82) is 0 Å². The molecule has 0 radical (unpaired) electrons. The van der Waals surface area contributed by atoms with Crippen LogP contribution in [0.3, 0.4) is 0 Å². The van der Waals surface area contributed by atoms with Gasteiger partial charge in [0.15, 0.2) is 0 Å². The van der Waals surface area contributed by atoms with Crippen molar-refractivity contribution >= 4 is 6.41 Å². The quantitative estimate of drug-likeness (QED) is 0.651. The minimum Gasteiger partial charge on any atom is -0.345 e. The number of hydrogen-bond donors (Lipinski definition) is 0. The van der Waals surface area contributed by atoms with Gasteiger partial charge in [-0.05, 0) is 18.4 Å². The zero-order valence-corrected chi connectivity index (χ0v) is 7.97. The fourth-order valence-electron chi connectivity index (χ4n) is 1.67. The first-order valence-corrected chi connectivity index (χ1v) is 4.83. The number of likely N-dealkylation sites (tertiary alicyclic amines) is 1. The molecular weight excluding hydrogens is 178 g/mol. The van der Waals surface area contributed by atoms with E-state index in [1.165, 1.54) is 0 Å². The second-order valence-electron chi connectivity index (χ2n) is 3.63. The summed E-state index contributed by atoms with van der Waals surface area (Å²) in [5, 5.41) is 0. The van der Waals surface area contributed by atoms with Gasteiger partial charge in [0.25, 0.3) is 0 Å². The lowest BCUT2D eigenvalue weighted by Gasteiger charge is -2.36. The van der Waals surface area contributed by atoms with E-state index in [2.05, 4.69) is 9.97 Å². The number of rotatable bonds is 4. The Hall–Kier alpha value is -1.45. The SMILES string of the molecule is O=CN1CC(CCc2ncccn2)C1. The minimum atomic E-state index is 0.643. The molecule has 0 bridgehead atoms. The van der Waals surface area contributed by atoms with Crippen LogP contribution in [-0.2, 0) is 11.2 Å². The summed E-state index contributed by atoms with van der Waals surface area (Å²) in [5.41, 5.74) is 0. The molecule has 0 aromatic carbocycles. The number of nitrogens with zero attached hydrogens (tertiary/aromatic N) is 3. The Morgan fingerprint density at radius 1 is 1.43 bits per heavy atom. The first kappa shape index (κ1) is 9.12. The van der Waals surface area contributed by atoms with E-state index in [1.807, 2.05) is 6.07 Å². The van der Waals surface area contributed by atoms with Crippen LogP contribution in [0.1, 0.15) is 12.2 Å². The van der Waals surface area contributed by atoms with Crippen molar-refractivity contribution in [2.45, 2.75) is 12.8 Å². The predicted octanol–water partition coefficient (Wildman–Crippen LogP) is 0.497. The van der Waals surface area contributed by atoms with Gasteiger partial charge in [-0.1, -0.05) is 0 Å². The number of hydrogen-bond acceptors (Lipinski definition) is 3. The molecule has 0 saturated carbocycles. The van der Waals surface area contributed by atoms with Crippen LogP contribution in [0.4, 0.5) is 0 Å². The molecule has 0 atom stereocenters. The second kappa shape index (κ2) is 4.17. The monoisotopic (exact) mass is 191 g/mol. The van der Waals surface area contributed by atoms with Crippen LogP contribution in [0.5, 0.6) is 0 Å². The molecule has 1 aliphatic rings. The van der Waals surface area contributed by atoms with Crippen molar-refractivity contribution in [2.24, 2.45) is 5.92 Å². The summed E-state index contributed by atoms with van der Waals surface area (Å²) in [6, 6.07) is 1.82. The summed E-state index contributed by atoms with van der Waals surface area (Å²) in [4.78, 5) is 20.4. The average molecular weight is 191 g/mol. The Bertz CT molecular complexity index is 295. The molecule has 1 aromatic heterocycles. The van der Waals surface area contributed by atoms with Crippen LogP contribution >= 0.6 is 0 Å². The van der Waals surface area contributed by atoms with Gasteiger partial charge in [0.2, 0.25) is 6.41 Å². The van der Waals surface area contributed by atoms with E-state index in [9.17, 15) is 4.79 Å². The number of aromatic nitrogens is 2. The van der Waals surface area contributed by atoms with E-state index >= 15 is 0 Å². The summed E-state index contributed by atoms with van der Waals surface area (Å²) >= 11 is 0. The lowest BCUT2D eigenvalue weighted by molar-refractivity contribution is -0.123. The Labute approximate surface area is 83.0 Å². The fraction of sp³-hybridized carbons (Fsp3) is 0.500. The van der Waals surface area contributed by atoms with Gasteiger partial charge in [0, 0.05) is 31.9 Å². The van der Waals surface area contributed by atoms with Gasteiger partial charge in [-0.25, -0.2) is 9.97 Å². The normalized spacial score (nSPS) is 16.4. The number of carbonyl (C=O) groups is 1. The molecule has 74 valence electrons. The molecular formula is C10H13N3O. The molecule has 4 heteroatoms. The smallest absolute Gasteiger partial charge is 0.209 e. The second-order valence-corrected chi connectivity index (χ2v) is 3.63. The minimum absolute atomic E-state index is 0.643. The highest BCUT2D eigenvalue weighted by atomic mass is 16.1. The van der Waals surface area contributed by atoms with Crippen molar-refractivity contribution in [3.05, 3.63) is 24.3 Å². The lowest BCUT2D eigenvalue weighted by Crippen LogP contribution is -2.45. The Morgan fingerprint density at radius 2 is 2.14 bits per heavy atom. The van der Waals surface area contributed by atoms with Gasteiger partial charge in [-0.2, -0.15) is 0 Å². The highest BCUT2D eigenvalue weighted by Gasteiger charge is 2.24. The summed E-state index contributed by atoms with van der Waals surface area (Å²) in [7, 11) is 0. The third-order valence-electron chi connectivity index (χ3n) is 2.53. The van der Waals surface area contributed by atoms with E-state index in [0.29, 0.717) is 5.92 Å². The average Bonchev–Trinajstić information content (AvgIpc) is 2.17. The molecule has 0 aliphatic carbocycles. The molecule has 1 aromatic rings.